The summed E-state index contributed by atoms with van der Waals surface area (Å²) in [5, 5.41) is 0. The zero-order valence-corrected chi connectivity index (χ0v) is 22.7. The minimum absolute atomic E-state index is 0.173. The molecule has 4 aromatic rings. The lowest BCUT2D eigenvalue weighted by Gasteiger charge is -2.28. The van der Waals surface area contributed by atoms with Crippen LogP contribution in [0, 0.1) is 13.8 Å². The maximum Gasteiger partial charge on any atom is 0.279 e. The average Bonchev–Trinajstić information content (AvgIpc) is 3.24. The number of hydrogen-bond acceptors (Lipinski definition) is 5. The van der Waals surface area contributed by atoms with E-state index < -0.39 is 15.9 Å². The first kappa shape index (κ1) is 25.5. The molecule has 0 saturated carbocycles. The first-order valence-electron chi connectivity index (χ1n) is 12.1. The number of carbonyl (C=O) groups is 1. The minimum Gasteiger partial charge on any atom is -0.383 e. The quantitative estimate of drug-likeness (QED) is 0.365. The van der Waals surface area contributed by atoms with Crippen LogP contribution in [-0.4, -0.2) is 43.5 Å². The molecule has 0 atom stereocenters. The van der Waals surface area contributed by atoms with E-state index in [1.807, 2.05) is 35.8 Å². The number of hydrogen-bond donors (Lipinski definition) is 0. The first-order chi connectivity index (χ1) is 17.8. The number of amides is 1. The third-order valence-electron chi connectivity index (χ3n) is 6.67. The van der Waals surface area contributed by atoms with Gasteiger partial charge in [-0.15, -0.1) is 0 Å². The number of nitrogens with zero attached hydrogens (tertiary/aromatic N) is 3. The van der Waals surface area contributed by atoms with Gasteiger partial charge >= 0.3 is 0 Å². The molecule has 1 aliphatic heterocycles. The van der Waals surface area contributed by atoms with E-state index in [-0.39, 0.29) is 4.90 Å². The number of fused-ring (bicyclic) bond motifs is 2. The lowest BCUT2D eigenvalue weighted by molar-refractivity contribution is 0.0997. The number of benzene rings is 3. The van der Waals surface area contributed by atoms with Crippen molar-refractivity contribution in [2.45, 2.75) is 38.3 Å². The second-order valence-electron chi connectivity index (χ2n) is 9.26. The molecule has 7 nitrogen and oxygen atoms in total. The number of aryl methyl sites for hydroxylation is 2. The van der Waals surface area contributed by atoms with E-state index in [4.69, 9.17) is 4.74 Å². The molecule has 0 saturated heterocycles. The Morgan fingerprint density at radius 2 is 1.78 bits per heavy atom. The molecular formula is C28H29N3O4S2. The fourth-order valence-electron chi connectivity index (χ4n) is 4.74. The van der Waals surface area contributed by atoms with Crippen LogP contribution >= 0.6 is 11.3 Å². The molecule has 0 spiro atoms. The minimum atomic E-state index is -3.67. The highest BCUT2D eigenvalue weighted by molar-refractivity contribution is 7.89. The summed E-state index contributed by atoms with van der Waals surface area (Å²) in [6.45, 7) is 5.95. The van der Waals surface area contributed by atoms with Crippen molar-refractivity contribution in [1.29, 1.82) is 0 Å². The van der Waals surface area contributed by atoms with Crippen LogP contribution in [0.1, 0.15) is 32.6 Å². The van der Waals surface area contributed by atoms with Gasteiger partial charge in [0.2, 0.25) is 10.0 Å². The van der Waals surface area contributed by atoms with Crippen molar-refractivity contribution < 1.29 is 17.9 Å². The molecule has 0 unspecified atom stereocenters. The van der Waals surface area contributed by atoms with Crippen molar-refractivity contribution >= 4 is 37.5 Å². The SMILES string of the molecule is COCCn1c(=NC(=O)c2ccc(S(=O)(=O)N3CCc4ccccc4C3)cc2)sc2c(C)cc(C)cc21. The van der Waals surface area contributed by atoms with E-state index in [0.29, 0.717) is 43.0 Å². The number of rotatable bonds is 6. The topological polar surface area (TPSA) is 81.0 Å². The number of ether oxygens (including phenoxy) is 1. The number of aromatic nitrogens is 1. The van der Waals surface area contributed by atoms with Gasteiger partial charge in [-0.3, -0.25) is 4.79 Å². The Kier molecular flexibility index (Phi) is 7.13. The van der Waals surface area contributed by atoms with Crippen molar-refractivity contribution in [3.05, 3.63) is 93.3 Å². The fourth-order valence-corrected chi connectivity index (χ4v) is 7.26. The predicted molar refractivity (Wildman–Crippen MR) is 145 cm³/mol. The van der Waals surface area contributed by atoms with Crippen LogP contribution < -0.4 is 4.80 Å². The molecule has 0 bridgehead atoms. The van der Waals surface area contributed by atoms with Crippen LogP contribution in [0.4, 0.5) is 0 Å². The van der Waals surface area contributed by atoms with Crippen molar-refractivity contribution in [2.24, 2.45) is 4.99 Å². The molecule has 1 amide bonds. The monoisotopic (exact) mass is 535 g/mol. The van der Waals surface area contributed by atoms with Gasteiger partial charge in [-0.2, -0.15) is 9.30 Å². The van der Waals surface area contributed by atoms with Gasteiger partial charge in [-0.25, -0.2) is 8.42 Å². The summed E-state index contributed by atoms with van der Waals surface area (Å²) in [7, 11) is -2.03. The van der Waals surface area contributed by atoms with E-state index in [9.17, 15) is 13.2 Å². The Hall–Kier alpha value is -3.11. The highest BCUT2D eigenvalue weighted by Gasteiger charge is 2.28. The maximum atomic E-state index is 13.3. The Balaban J connectivity index is 1.43. The fraction of sp³-hybridized carbons (Fsp3) is 0.286. The second-order valence-corrected chi connectivity index (χ2v) is 12.2. The van der Waals surface area contributed by atoms with Crippen molar-refractivity contribution in [1.82, 2.24) is 8.87 Å². The summed E-state index contributed by atoms with van der Waals surface area (Å²) in [4.78, 5) is 18.3. The molecule has 192 valence electrons. The lowest BCUT2D eigenvalue weighted by Crippen LogP contribution is -2.35. The molecule has 0 radical (unpaired) electrons. The maximum absolute atomic E-state index is 13.3. The third kappa shape index (κ3) is 5.04. The van der Waals surface area contributed by atoms with E-state index in [1.165, 1.54) is 33.3 Å². The Bertz CT molecular complexity index is 1650. The highest BCUT2D eigenvalue weighted by Crippen LogP contribution is 2.26. The molecule has 5 rings (SSSR count). The molecule has 0 aliphatic carbocycles. The zero-order chi connectivity index (χ0) is 26.2. The van der Waals surface area contributed by atoms with Crippen LogP contribution in [0.15, 0.2) is 70.6 Å². The standard InChI is InChI=1S/C28H29N3O4S2/c1-19-16-20(2)26-25(17-19)31(14-15-35-3)28(36-26)29-27(32)22-8-10-24(11-9-22)37(33,34)30-13-12-21-6-4-5-7-23(21)18-30/h4-11,16-17H,12-15,18H2,1-3H3. The van der Waals surface area contributed by atoms with Crippen molar-refractivity contribution in [2.75, 3.05) is 20.3 Å². The summed E-state index contributed by atoms with van der Waals surface area (Å²) in [6.07, 6.45) is 0.683. The summed E-state index contributed by atoms with van der Waals surface area (Å²) < 4.78 is 36.4. The van der Waals surface area contributed by atoms with Crippen LogP contribution in [0.5, 0.6) is 0 Å². The van der Waals surface area contributed by atoms with Gasteiger partial charge in [0.15, 0.2) is 4.80 Å². The van der Waals surface area contributed by atoms with Crippen molar-refractivity contribution in [3.63, 3.8) is 0 Å². The van der Waals surface area contributed by atoms with E-state index in [2.05, 4.69) is 24.0 Å². The molecule has 1 aromatic heterocycles. The number of carbonyl (C=O) groups excluding carboxylic acids is 1. The molecule has 37 heavy (non-hydrogen) atoms. The van der Waals surface area contributed by atoms with E-state index in [0.717, 1.165) is 26.9 Å². The van der Waals surface area contributed by atoms with Crippen molar-refractivity contribution in [3.8, 4) is 0 Å². The van der Waals surface area contributed by atoms with Gasteiger partial charge in [0, 0.05) is 32.3 Å². The van der Waals surface area contributed by atoms with Crippen LogP contribution in [0.2, 0.25) is 0 Å². The van der Waals surface area contributed by atoms with Gasteiger partial charge in [0.1, 0.15) is 0 Å². The molecule has 0 N–H and O–H groups in total. The summed E-state index contributed by atoms with van der Waals surface area (Å²) in [5.41, 5.74) is 5.85. The molecule has 2 heterocycles. The first-order valence-corrected chi connectivity index (χ1v) is 14.4. The highest BCUT2D eigenvalue weighted by atomic mass is 32.2. The summed E-state index contributed by atoms with van der Waals surface area (Å²) in [5.74, 6) is -0.414. The second kappa shape index (κ2) is 10.3. The van der Waals surface area contributed by atoms with Gasteiger partial charge in [0.25, 0.3) is 5.91 Å². The van der Waals surface area contributed by atoms with Gasteiger partial charge in [0.05, 0.1) is 21.7 Å². The van der Waals surface area contributed by atoms with Crippen LogP contribution in [0.3, 0.4) is 0 Å². The van der Waals surface area contributed by atoms with Gasteiger partial charge in [-0.05, 0) is 72.9 Å². The van der Waals surface area contributed by atoms with Gasteiger partial charge < -0.3 is 9.30 Å². The summed E-state index contributed by atoms with van der Waals surface area (Å²) in [6, 6.07) is 18.2. The molecule has 3 aromatic carbocycles. The normalized spacial score (nSPS) is 14.7. The number of methoxy groups -OCH3 is 1. The van der Waals surface area contributed by atoms with Crippen LogP contribution in [-0.2, 0) is 34.3 Å². The van der Waals surface area contributed by atoms with E-state index >= 15 is 0 Å². The predicted octanol–water partition coefficient (Wildman–Crippen LogP) is 4.45. The molecule has 0 fully saturated rings. The Morgan fingerprint density at radius 3 is 2.51 bits per heavy atom. The smallest absolute Gasteiger partial charge is 0.279 e. The molecule has 9 heteroatoms. The average molecular weight is 536 g/mol. The molecule has 1 aliphatic rings. The van der Waals surface area contributed by atoms with Crippen LogP contribution in [0.25, 0.3) is 10.2 Å². The zero-order valence-electron chi connectivity index (χ0n) is 21.1. The van der Waals surface area contributed by atoms with E-state index in [1.54, 1.807) is 19.2 Å². The third-order valence-corrected chi connectivity index (χ3v) is 9.75. The largest absolute Gasteiger partial charge is 0.383 e. The molecular weight excluding hydrogens is 506 g/mol. The number of thiazole rings is 1. The van der Waals surface area contributed by atoms with Gasteiger partial charge in [-0.1, -0.05) is 41.7 Å². The lowest BCUT2D eigenvalue weighted by atomic mass is 10.0. The Labute approximate surface area is 220 Å². The summed E-state index contributed by atoms with van der Waals surface area (Å²) >= 11 is 1.47. The Morgan fingerprint density at radius 1 is 1.05 bits per heavy atom. The number of sulfonamides is 1.